The van der Waals surface area contributed by atoms with E-state index >= 15 is 0 Å². The fourth-order valence-corrected chi connectivity index (χ4v) is 7.10. The average Bonchev–Trinajstić information content (AvgIpc) is 3.52. The Morgan fingerprint density at radius 2 is 2.10 bits per heavy atom. The summed E-state index contributed by atoms with van der Waals surface area (Å²) in [5.41, 5.74) is 2.73. The number of fused-ring (bicyclic) bond motifs is 1. The van der Waals surface area contributed by atoms with E-state index in [1.165, 1.54) is 9.87 Å². The van der Waals surface area contributed by atoms with Crippen LogP contribution in [-0.4, -0.2) is 48.4 Å². The van der Waals surface area contributed by atoms with Gasteiger partial charge in [0, 0.05) is 43.2 Å². The van der Waals surface area contributed by atoms with E-state index in [2.05, 4.69) is 10.1 Å². The second-order valence-corrected chi connectivity index (χ2v) is 10.9. The summed E-state index contributed by atoms with van der Waals surface area (Å²) >= 11 is 1.13. The molecule has 0 bridgehead atoms. The smallest absolute Gasteiger partial charge is 0.252 e. The molecule has 5 rings (SSSR count). The Balaban J connectivity index is 1.34. The number of thiophene rings is 1. The van der Waals surface area contributed by atoms with E-state index in [0.29, 0.717) is 43.2 Å². The number of hydrogen-bond donors (Lipinski definition) is 0. The lowest BCUT2D eigenvalue weighted by molar-refractivity contribution is -0.123. The second kappa shape index (κ2) is 7.85. The number of nitrogens with zero attached hydrogens (tertiary/aromatic N) is 4. The molecule has 1 aromatic carbocycles. The summed E-state index contributed by atoms with van der Waals surface area (Å²) in [7, 11) is -3.70. The number of para-hydroxylation sites is 1. The van der Waals surface area contributed by atoms with Gasteiger partial charge in [-0.05, 0) is 37.0 Å². The molecule has 4 heterocycles. The van der Waals surface area contributed by atoms with Crippen molar-refractivity contribution in [1.82, 2.24) is 14.4 Å². The Morgan fingerprint density at radius 1 is 1.26 bits per heavy atom. The van der Waals surface area contributed by atoms with E-state index in [1.807, 2.05) is 29.2 Å². The van der Waals surface area contributed by atoms with Crippen LogP contribution in [0.1, 0.15) is 24.3 Å². The van der Waals surface area contributed by atoms with Crippen LogP contribution >= 0.6 is 11.3 Å². The number of carbonyl (C=O) groups is 1. The predicted octanol–water partition coefficient (Wildman–Crippen LogP) is 3.10. The van der Waals surface area contributed by atoms with Crippen molar-refractivity contribution in [3.8, 4) is 11.4 Å². The summed E-state index contributed by atoms with van der Waals surface area (Å²) in [5, 5.41) is 5.57. The van der Waals surface area contributed by atoms with Crippen molar-refractivity contribution in [1.29, 1.82) is 0 Å². The lowest BCUT2D eigenvalue weighted by atomic mass is 9.98. The zero-order valence-corrected chi connectivity index (χ0v) is 18.7. The van der Waals surface area contributed by atoms with Gasteiger partial charge in [0.05, 0.1) is 5.92 Å². The highest BCUT2D eigenvalue weighted by Gasteiger charge is 2.37. The number of benzene rings is 1. The number of aryl methyl sites for hydroxylation is 1. The quantitative estimate of drug-likeness (QED) is 0.596. The molecule has 162 valence electrons. The number of amides is 1. The third-order valence-electron chi connectivity index (χ3n) is 5.84. The van der Waals surface area contributed by atoms with Crippen molar-refractivity contribution in [2.45, 2.75) is 30.4 Å². The monoisotopic (exact) mass is 458 g/mol. The van der Waals surface area contributed by atoms with Gasteiger partial charge < -0.3 is 9.42 Å². The molecule has 1 fully saturated rings. The fraction of sp³-hybridized carbons (Fsp3) is 0.381. The van der Waals surface area contributed by atoms with Crippen LogP contribution in [0.3, 0.4) is 0 Å². The zero-order chi connectivity index (χ0) is 21.6. The SMILES string of the molecule is Cc1nc(-c2csc(S(=O)(=O)N3CCC[C@@H](C(=O)N4CCc5ccccc54)C3)c2)no1. The van der Waals surface area contributed by atoms with E-state index in [0.717, 1.165) is 23.4 Å². The van der Waals surface area contributed by atoms with Crippen LogP contribution in [-0.2, 0) is 21.2 Å². The van der Waals surface area contributed by atoms with E-state index in [-0.39, 0.29) is 22.6 Å². The van der Waals surface area contributed by atoms with Crippen molar-refractivity contribution in [2.75, 3.05) is 24.5 Å². The molecule has 2 aliphatic rings. The van der Waals surface area contributed by atoms with Crippen LogP contribution in [0.25, 0.3) is 11.4 Å². The van der Waals surface area contributed by atoms with Gasteiger partial charge in [-0.1, -0.05) is 23.4 Å². The number of aromatic nitrogens is 2. The Kier molecular flexibility index (Phi) is 5.15. The summed E-state index contributed by atoms with van der Waals surface area (Å²) in [5.74, 6) is 0.467. The molecule has 0 radical (unpaired) electrons. The third kappa shape index (κ3) is 3.68. The summed E-state index contributed by atoms with van der Waals surface area (Å²) in [6, 6.07) is 9.49. The van der Waals surface area contributed by atoms with Gasteiger partial charge in [-0.3, -0.25) is 4.79 Å². The van der Waals surface area contributed by atoms with E-state index in [1.54, 1.807) is 18.4 Å². The molecule has 0 aliphatic carbocycles. The first-order valence-electron chi connectivity index (χ1n) is 10.2. The number of piperidine rings is 1. The molecule has 0 unspecified atom stereocenters. The number of hydrogen-bond acceptors (Lipinski definition) is 7. The first-order valence-corrected chi connectivity index (χ1v) is 12.5. The molecular formula is C21H22N4O4S2. The lowest BCUT2D eigenvalue weighted by Crippen LogP contribution is -2.46. The minimum Gasteiger partial charge on any atom is -0.339 e. The molecule has 1 saturated heterocycles. The maximum Gasteiger partial charge on any atom is 0.252 e. The van der Waals surface area contributed by atoms with Crippen molar-refractivity contribution in [3.05, 3.63) is 47.2 Å². The first kappa shape index (κ1) is 20.3. The number of anilines is 1. The van der Waals surface area contributed by atoms with Crippen molar-refractivity contribution in [2.24, 2.45) is 5.92 Å². The van der Waals surface area contributed by atoms with Crippen molar-refractivity contribution >= 4 is 33.0 Å². The molecule has 10 heteroatoms. The molecular weight excluding hydrogens is 436 g/mol. The van der Waals surface area contributed by atoms with Crippen molar-refractivity contribution in [3.63, 3.8) is 0 Å². The highest BCUT2D eigenvalue weighted by Crippen LogP contribution is 2.34. The molecule has 31 heavy (non-hydrogen) atoms. The molecule has 0 spiro atoms. The Bertz CT molecular complexity index is 1230. The zero-order valence-electron chi connectivity index (χ0n) is 17.0. The largest absolute Gasteiger partial charge is 0.339 e. The van der Waals surface area contributed by atoms with Crippen LogP contribution in [0.4, 0.5) is 5.69 Å². The average molecular weight is 459 g/mol. The summed E-state index contributed by atoms with van der Waals surface area (Å²) < 4.78 is 33.2. The molecule has 2 aromatic heterocycles. The van der Waals surface area contributed by atoms with Gasteiger partial charge in [-0.25, -0.2) is 8.42 Å². The molecule has 1 atom stereocenters. The number of sulfonamides is 1. The lowest BCUT2D eigenvalue weighted by Gasteiger charge is -2.33. The Hall–Kier alpha value is -2.56. The van der Waals surface area contributed by atoms with Gasteiger partial charge in [-0.15, -0.1) is 11.3 Å². The standard InChI is InChI=1S/C21H22N4O4S2/c1-14-22-20(23-29-14)17-11-19(30-13-17)31(27,28)24-9-4-6-16(12-24)21(26)25-10-8-15-5-2-3-7-18(15)25/h2-3,5,7,11,13,16H,4,6,8-10,12H2,1H3/t16-/m1/s1. The summed E-state index contributed by atoms with van der Waals surface area (Å²) in [6.07, 6.45) is 2.19. The van der Waals surface area contributed by atoms with Gasteiger partial charge in [0.2, 0.25) is 17.6 Å². The second-order valence-electron chi connectivity index (χ2n) is 7.86. The first-order chi connectivity index (χ1) is 14.9. The minimum atomic E-state index is -3.70. The molecule has 3 aromatic rings. The predicted molar refractivity (Wildman–Crippen MR) is 116 cm³/mol. The molecule has 2 aliphatic heterocycles. The van der Waals surface area contributed by atoms with Crippen LogP contribution < -0.4 is 4.90 Å². The van der Waals surface area contributed by atoms with Gasteiger partial charge in [0.1, 0.15) is 4.21 Å². The van der Waals surface area contributed by atoms with Crippen LogP contribution in [0.2, 0.25) is 0 Å². The maximum atomic E-state index is 13.3. The highest BCUT2D eigenvalue weighted by atomic mass is 32.2. The van der Waals surface area contributed by atoms with Crippen LogP contribution in [0, 0.1) is 12.8 Å². The minimum absolute atomic E-state index is 0.0130. The van der Waals surface area contributed by atoms with Crippen LogP contribution in [0.15, 0.2) is 44.4 Å². The van der Waals surface area contributed by atoms with E-state index in [9.17, 15) is 13.2 Å². The molecule has 0 saturated carbocycles. The van der Waals surface area contributed by atoms with Gasteiger partial charge in [0.25, 0.3) is 10.0 Å². The summed E-state index contributed by atoms with van der Waals surface area (Å²) in [4.78, 5) is 19.2. The summed E-state index contributed by atoms with van der Waals surface area (Å²) in [6.45, 7) is 2.95. The number of carbonyl (C=O) groups excluding carboxylic acids is 1. The fourth-order valence-electron chi connectivity index (χ4n) is 4.26. The van der Waals surface area contributed by atoms with Gasteiger partial charge >= 0.3 is 0 Å². The van der Waals surface area contributed by atoms with Gasteiger partial charge in [0.15, 0.2) is 0 Å². The van der Waals surface area contributed by atoms with E-state index < -0.39 is 10.0 Å². The molecule has 1 amide bonds. The molecule has 8 nitrogen and oxygen atoms in total. The Labute approximate surface area is 184 Å². The third-order valence-corrected chi connectivity index (χ3v) is 9.12. The highest BCUT2D eigenvalue weighted by molar-refractivity contribution is 7.91. The van der Waals surface area contributed by atoms with Crippen LogP contribution in [0.5, 0.6) is 0 Å². The topological polar surface area (TPSA) is 96.6 Å². The maximum absolute atomic E-state index is 13.3. The number of rotatable bonds is 4. The van der Waals surface area contributed by atoms with E-state index in [4.69, 9.17) is 4.52 Å². The van der Waals surface area contributed by atoms with Crippen molar-refractivity contribution < 1.29 is 17.7 Å². The molecule has 0 N–H and O–H groups in total. The Morgan fingerprint density at radius 3 is 2.90 bits per heavy atom. The normalized spacial score (nSPS) is 19.5. The van der Waals surface area contributed by atoms with Gasteiger partial charge in [-0.2, -0.15) is 9.29 Å².